The van der Waals surface area contributed by atoms with Gasteiger partial charge in [0.05, 0.1) is 33.5 Å². The number of nitrogens with zero attached hydrogens (tertiary/aromatic N) is 2. The summed E-state index contributed by atoms with van der Waals surface area (Å²) < 4.78 is 2.24. The Morgan fingerprint density at radius 2 is 0.804 bits per heavy atom. The summed E-state index contributed by atoms with van der Waals surface area (Å²) in [5, 5.41) is 2.14. The SMILES string of the molecule is Cc1cccc(-c2cccc3c4cccc(-c5cccc(C)c5)c4n(-c4cccc5c4C(=O)N(c4c(-c6ccccc6)cccc4-c4ccccc4)C5=O)c23)c1. The van der Waals surface area contributed by atoms with Crippen molar-refractivity contribution in [2.24, 2.45) is 0 Å². The fourth-order valence-corrected chi connectivity index (χ4v) is 8.59. The highest BCUT2D eigenvalue weighted by atomic mass is 16.2. The van der Waals surface area contributed by atoms with Crippen LogP contribution in [0.25, 0.3) is 72.0 Å². The number of aromatic nitrogens is 1. The molecule has 0 atom stereocenters. The second-order valence-electron chi connectivity index (χ2n) is 14.6. The van der Waals surface area contributed by atoms with E-state index in [9.17, 15) is 4.79 Å². The number of carbonyl (C=O) groups excluding carboxylic acids is 2. The molecule has 0 saturated heterocycles. The van der Waals surface area contributed by atoms with Crippen LogP contribution in [0.2, 0.25) is 0 Å². The van der Waals surface area contributed by atoms with Crippen LogP contribution < -0.4 is 4.90 Å². The Kier molecular flexibility index (Phi) is 7.86. The molecule has 0 spiro atoms. The summed E-state index contributed by atoms with van der Waals surface area (Å²) in [7, 11) is 0. The van der Waals surface area contributed by atoms with E-state index in [1.54, 1.807) is 6.07 Å². The topological polar surface area (TPSA) is 42.3 Å². The lowest BCUT2D eigenvalue weighted by Gasteiger charge is -2.23. The number of rotatable bonds is 6. The molecule has 0 saturated carbocycles. The molecule has 4 heteroatoms. The number of anilines is 1. The molecule has 4 nitrogen and oxygen atoms in total. The number of hydrogen-bond acceptors (Lipinski definition) is 2. The predicted octanol–water partition coefficient (Wildman–Crippen LogP) is 12.9. The van der Waals surface area contributed by atoms with Crippen molar-refractivity contribution in [3.05, 3.63) is 204 Å². The highest BCUT2D eigenvalue weighted by Gasteiger charge is 2.41. The van der Waals surface area contributed by atoms with Crippen molar-refractivity contribution in [2.45, 2.75) is 13.8 Å². The Morgan fingerprint density at radius 1 is 0.375 bits per heavy atom. The average molecular weight is 721 g/mol. The van der Waals surface area contributed by atoms with Crippen LogP contribution in [0.1, 0.15) is 31.8 Å². The van der Waals surface area contributed by atoms with Crippen LogP contribution in [0.5, 0.6) is 0 Å². The Balaban J connectivity index is 1.29. The second kappa shape index (κ2) is 13.2. The summed E-state index contributed by atoms with van der Waals surface area (Å²) in [6, 6.07) is 61.6. The van der Waals surface area contributed by atoms with Gasteiger partial charge in [-0.05, 0) is 48.2 Å². The van der Waals surface area contributed by atoms with E-state index >= 15 is 4.79 Å². The van der Waals surface area contributed by atoms with E-state index in [4.69, 9.17) is 0 Å². The molecule has 0 aliphatic carbocycles. The molecule has 266 valence electrons. The van der Waals surface area contributed by atoms with Gasteiger partial charge in [0, 0.05) is 33.0 Å². The number of hydrogen-bond donors (Lipinski definition) is 0. The minimum Gasteiger partial charge on any atom is -0.307 e. The number of aryl methyl sites for hydroxylation is 2. The average Bonchev–Trinajstić information content (AvgIpc) is 3.71. The van der Waals surface area contributed by atoms with Gasteiger partial charge >= 0.3 is 0 Å². The molecule has 1 aliphatic heterocycles. The first-order valence-electron chi connectivity index (χ1n) is 18.9. The number of imide groups is 1. The third-order valence-corrected chi connectivity index (χ3v) is 11.0. The van der Waals surface area contributed by atoms with Crippen LogP contribution >= 0.6 is 0 Å². The van der Waals surface area contributed by atoms with Gasteiger partial charge in [0.25, 0.3) is 11.8 Å². The molecule has 1 aromatic heterocycles. The fraction of sp³-hybridized carbons (Fsp3) is 0.0385. The first-order chi connectivity index (χ1) is 27.5. The summed E-state index contributed by atoms with van der Waals surface area (Å²) in [4.78, 5) is 31.8. The predicted molar refractivity (Wildman–Crippen MR) is 230 cm³/mol. The van der Waals surface area contributed by atoms with E-state index < -0.39 is 0 Å². The van der Waals surface area contributed by atoms with Gasteiger partial charge < -0.3 is 4.57 Å². The van der Waals surface area contributed by atoms with Gasteiger partial charge in [-0.25, -0.2) is 4.90 Å². The molecule has 10 rings (SSSR count). The van der Waals surface area contributed by atoms with E-state index in [1.807, 2.05) is 91.0 Å². The molecule has 0 N–H and O–H groups in total. The van der Waals surface area contributed by atoms with Crippen LogP contribution in [-0.2, 0) is 0 Å². The van der Waals surface area contributed by atoms with Crippen LogP contribution in [0.15, 0.2) is 182 Å². The first kappa shape index (κ1) is 33.3. The number of benzene rings is 8. The molecule has 8 aromatic carbocycles. The van der Waals surface area contributed by atoms with Crippen molar-refractivity contribution in [1.29, 1.82) is 0 Å². The number of para-hydroxylation sites is 3. The van der Waals surface area contributed by atoms with Crippen molar-refractivity contribution in [2.75, 3.05) is 4.90 Å². The molecule has 1 aliphatic rings. The number of carbonyl (C=O) groups is 2. The molecule has 0 bridgehead atoms. The highest BCUT2D eigenvalue weighted by Crippen LogP contribution is 2.47. The summed E-state index contributed by atoms with van der Waals surface area (Å²) in [6.07, 6.45) is 0. The zero-order valence-electron chi connectivity index (χ0n) is 31.0. The van der Waals surface area contributed by atoms with E-state index in [1.165, 1.54) is 4.90 Å². The van der Waals surface area contributed by atoms with Crippen LogP contribution in [-0.4, -0.2) is 16.4 Å². The minimum atomic E-state index is -0.350. The number of fused-ring (bicyclic) bond motifs is 4. The van der Waals surface area contributed by atoms with Gasteiger partial charge in [0.15, 0.2) is 0 Å². The van der Waals surface area contributed by atoms with Gasteiger partial charge in [0.1, 0.15) is 0 Å². The zero-order chi connectivity index (χ0) is 37.9. The standard InChI is InChI=1S/C52H36N2O2/c1-33-15-9-21-37(31-33)41-25-12-27-43-44-28-13-26-42(38-22-10-16-34(2)32-38)50(44)53(49(41)43)46-30-14-29-45-47(46)52(56)54(51(45)55)48-39(35-17-5-3-6-18-35)23-11-24-40(48)36-19-7-4-8-20-36/h3-32H,1-2H3. The van der Waals surface area contributed by atoms with E-state index in [0.29, 0.717) is 22.5 Å². The lowest BCUT2D eigenvalue weighted by atomic mass is 9.95. The van der Waals surface area contributed by atoms with Gasteiger partial charge in [-0.15, -0.1) is 0 Å². The third kappa shape index (κ3) is 5.22. The summed E-state index contributed by atoms with van der Waals surface area (Å²) in [5.74, 6) is -0.691. The maximum absolute atomic E-state index is 15.5. The summed E-state index contributed by atoms with van der Waals surface area (Å²) in [5.41, 5.74) is 14.0. The molecule has 56 heavy (non-hydrogen) atoms. The van der Waals surface area contributed by atoms with Gasteiger partial charge in [-0.2, -0.15) is 0 Å². The largest absolute Gasteiger partial charge is 0.307 e. The van der Waals surface area contributed by atoms with Crippen molar-refractivity contribution in [3.8, 4) is 50.2 Å². The molecule has 9 aromatic rings. The van der Waals surface area contributed by atoms with Crippen LogP contribution in [0, 0.1) is 13.8 Å². The molecular weight excluding hydrogens is 685 g/mol. The minimum absolute atomic E-state index is 0.342. The maximum atomic E-state index is 15.5. The zero-order valence-corrected chi connectivity index (χ0v) is 31.0. The van der Waals surface area contributed by atoms with E-state index in [2.05, 4.69) is 103 Å². The van der Waals surface area contributed by atoms with Gasteiger partial charge in [0.2, 0.25) is 0 Å². The second-order valence-corrected chi connectivity index (χ2v) is 14.6. The van der Waals surface area contributed by atoms with Gasteiger partial charge in [-0.1, -0.05) is 181 Å². The highest BCUT2D eigenvalue weighted by molar-refractivity contribution is 6.37. The Labute approximate surface area is 325 Å². The van der Waals surface area contributed by atoms with Crippen molar-refractivity contribution in [3.63, 3.8) is 0 Å². The molecule has 0 radical (unpaired) electrons. The first-order valence-corrected chi connectivity index (χ1v) is 18.9. The number of amides is 2. The third-order valence-electron chi connectivity index (χ3n) is 11.0. The summed E-state index contributed by atoms with van der Waals surface area (Å²) >= 11 is 0. The van der Waals surface area contributed by atoms with Crippen molar-refractivity contribution in [1.82, 2.24) is 4.57 Å². The Hall–Kier alpha value is -7.30. The molecule has 2 amide bonds. The monoisotopic (exact) mass is 720 g/mol. The molecule has 2 heterocycles. The maximum Gasteiger partial charge on any atom is 0.268 e. The van der Waals surface area contributed by atoms with Crippen LogP contribution in [0.4, 0.5) is 5.69 Å². The Bertz CT molecular complexity index is 2870. The molecular formula is C52H36N2O2. The fourth-order valence-electron chi connectivity index (χ4n) is 8.59. The van der Waals surface area contributed by atoms with Gasteiger partial charge in [-0.3, -0.25) is 9.59 Å². The van der Waals surface area contributed by atoms with E-state index in [0.717, 1.165) is 77.4 Å². The summed E-state index contributed by atoms with van der Waals surface area (Å²) in [6.45, 7) is 4.21. The van der Waals surface area contributed by atoms with Crippen molar-refractivity contribution >= 4 is 39.3 Å². The smallest absolute Gasteiger partial charge is 0.268 e. The van der Waals surface area contributed by atoms with E-state index in [-0.39, 0.29) is 11.8 Å². The normalized spacial score (nSPS) is 12.5. The lowest BCUT2D eigenvalue weighted by Crippen LogP contribution is -2.30. The van der Waals surface area contributed by atoms with Crippen LogP contribution in [0.3, 0.4) is 0 Å². The lowest BCUT2D eigenvalue weighted by molar-refractivity contribution is 0.0926. The Morgan fingerprint density at radius 3 is 1.32 bits per heavy atom. The van der Waals surface area contributed by atoms with Crippen molar-refractivity contribution < 1.29 is 9.59 Å². The quantitative estimate of drug-likeness (QED) is 0.161. The molecule has 0 fully saturated rings. The molecule has 0 unspecified atom stereocenters.